The molecule has 96 valence electrons. The van der Waals surface area contributed by atoms with Gasteiger partial charge in [-0.15, -0.1) is 10.2 Å². The molecule has 0 aromatic carbocycles. The second-order valence-corrected chi connectivity index (χ2v) is 5.98. The van der Waals surface area contributed by atoms with Gasteiger partial charge in [-0.25, -0.2) is 0 Å². The Hall–Kier alpha value is -0.900. The molecule has 1 aliphatic carbocycles. The lowest BCUT2D eigenvalue weighted by molar-refractivity contribution is 0.106. The minimum atomic E-state index is -0.0803. The second-order valence-electron chi connectivity index (χ2n) is 5.98. The first-order valence-corrected chi connectivity index (χ1v) is 6.48. The minimum Gasteiger partial charge on any atom is -0.316 e. The molecule has 0 N–H and O–H groups in total. The molecule has 0 aliphatic heterocycles. The molecule has 2 rings (SSSR count). The van der Waals surface area contributed by atoms with Gasteiger partial charge in [0.15, 0.2) is 5.82 Å². The summed E-state index contributed by atoms with van der Waals surface area (Å²) in [7, 11) is 4.25. The average molecular weight is 236 g/mol. The lowest BCUT2D eigenvalue weighted by Crippen LogP contribution is -2.44. The summed E-state index contributed by atoms with van der Waals surface area (Å²) in [6.07, 6.45) is 2.54. The van der Waals surface area contributed by atoms with Crippen molar-refractivity contribution < 1.29 is 0 Å². The molecule has 1 aromatic rings. The van der Waals surface area contributed by atoms with E-state index in [1.54, 1.807) is 0 Å². The summed E-state index contributed by atoms with van der Waals surface area (Å²) >= 11 is 0. The highest BCUT2D eigenvalue weighted by atomic mass is 15.3. The van der Waals surface area contributed by atoms with Crippen LogP contribution in [0.3, 0.4) is 0 Å². The van der Waals surface area contributed by atoms with Gasteiger partial charge in [0.1, 0.15) is 5.82 Å². The normalized spacial score (nSPS) is 17.2. The van der Waals surface area contributed by atoms with Crippen molar-refractivity contribution in [1.82, 2.24) is 19.7 Å². The van der Waals surface area contributed by atoms with E-state index >= 15 is 0 Å². The predicted octanol–water partition coefficient (Wildman–Crippen LogP) is 2.27. The molecule has 0 bridgehead atoms. The first-order chi connectivity index (χ1) is 7.85. The van der Waals surface area contributed by atoms with Crippen molar-refractivity contribution in [3.8, 4) is 0 Å². The molecule has 0 spiro atoms. The third-order valence-electron chi connectivity index (χ3n) is 4.05. The average Bonchev–Trinajstić information content (AvgIpc) is 3.00. The van der Waals surface area contributed by atoms with Crippen LogP contribution < -0.4 is 0 Å². The van der Waals surface area contributed by atoms with Gasteiger partial charge in [0.2, 0.25) is 0 Å². The second kappa shape index (κ2) is 4.09. The van der Waals surface area contributed by atoms with E-state index in [1.165, 1.54) is 12.8 Å². The number of rotatable bonds is 4. The first kappa shape index (κ1) is 12.6. The topological polar surface area (TPSA) is 34.0 Å². The van der Waals surface area contributed by atoms with Gasteiger partial charge in [0, 0.05) is 19.0 Å². The Kier molecular flexibility index (Phi) is 3.02. The molecule has 17 heavy (non-hydrogen) atoms. The van der Waals surface area contributed by atoms with Crippen LogP contribution >= 0.6 is 0 Å². The van der Waals surface area contributed by atoms with Crippen LogP contribution in [0.15, 0.2) is 0 Å². The van der Waals surface area contributed by atoms with Gasteiger partial charge in [-0.05, 0) is 47.6 Å². The van der Waals surface area contributed by atoms with Crippen LogP contribution in [-0.4, -0.2) is 32.8 Å². The molecular formula is C13H24N4. The zero-order valence-corrected chi connectivity index (χ0v) is 11.9. The number of aromatic nitrogens is 3. The smallest absolute Gasteiger partial charge is 0.152 e. The van der Waals surface area contributed by atoms with Crippen molar-refractivity contribution >= 4 is 0 Å². The quantitative estimate of drug-likeness (QED) is 0.804. The fourth-order valence-corrected chi connectivity index (χ4v) is 2.37. The molecule has 1 aromatic heterocycles. The number of hydrogen-bond acceptors (Lipinski definition) is 3. The molecule has 0 amide bonds. The van der Waals surface area contributed by atoms with E-state index in [4.69, 9.17) is 0 Å². The molecule has 0 unspecified atom stereocenters. The number of nitrogens with zero attached hydrogens (tertiary/aromatic N) is 4. The zero-order valence-electron chi connectivity index (χ0n) is 11.9. The summed E-state index contributed by atoms with van der Waals surface area (Å²) in [4.78, 5) is 2.34. The van der Waals surface area contributed by atoms with Crippen LogP contribution in [0.5, 0.6) is 0 Å². The highest BCUT2D eigenvalue weighted by Crippen LogP contribution is 2.40. The first-order valence-electron chi connectivity index (χ1n) is 6.48. The lowest BCUT2D eigenvalue weighted by atomic mass is 10.0. The van der Waals surface area contributed by atoms with Crippen LogP contribution in [0.2, 0.25) is 0 Å². The fraction of sp³-hybridized carbons (Fsp3) is 0.846. The molecule has 1 saturated carbocycles. The van der Waals surface area contributed by atoms with E-state index in [2.05, 4.69) is 61.5 Å². The van der Waals surface area contributed by atoms with Gasteiger partial charge >= 0.3 is 0 Å². The minimum absolute atomic E-state index is 0.0803. The summed E-state index contributed by atoms with van der Waals surface area (Å²) in [5.41, 5.74) is -0.0803. The Balaban J connectivity index is 2.32. The predicted molar refractivity (Wildman–Crippen MR) is 68.9 cm³/mol. The summed E-state index contributed by atoms with van der Waals surface area (Å²) in [5, 5.41) is 8.80. The molecule has 0 atom stereocenters. The third-order valence-corrected chi connectivity index (χ3v) is 4.05. The molecule has 0 radical (unpaired) electrons. The van der Waals surface area contributed by atoms with E-state index in [-0.39, 0.29) is 5.54 Å². The monoisotopic (exact) mass is 236 g/mol. The van der Waals surface area contributed by atoms with Gasteiger partial charge in [-0.1, -0.05) is 0 Å². The van der Waals surface area contributed by atoms with Gasteiger partial charge in [-0.3, -0.25) is 4.90 Å². The zero-order chi connectivity index (χ0) is 12.8. The van der Waals surface area contributed by atoms with E-state index in [1.807, 2.05) is 0 Å². The third kappa shape index (κ3) is 2.10. The van der Waals surface area contributed by atoms with Gasteiger partial charge in [0.05, 0.1) is 5.54 Å². The summed E-state index contributed by atoms with van der Waals surface area (Å²) in [6.45, 7) is 8.85. The Morgan fingerprint density at radius 1 is 1.29 bits per heavy atom. The van der Waals surface area contributed by atoms with Gasteiger partial charge in [0.25, 0.3) is 0 Å². The highest BCUT2D eigenvalue weighted by Gasteiger charge is 2.36. The van der Waals surface area contributed by atoms with Crippen molar-refractivity contribution in [2.75, 3.05) is 7.05 Å². The molecular weight excluding hydrogens is 212 g/mol. The Labute approximate surface area is 104 Å². The molecule has 1 heterocycles. The summed E-state index contributed by atoms with van der Waals surface area (Å²) in [5.74, 6) is 2.88. The highest BCUT2D eigenvalue weighted by molar-refractivity contribution is 5.12. The van der Waals surface area contributed by atoms with Crippen LogP contribution in [0, 0.1) is 0 Å². The maximum absolute atomic E-state index is 4.42. The van der Waals surface area contributed by atoms with Crippen LogP contribution in [-0.2, 0) is 12.6 Å². The van der Waals surface area contributed by atoms with Crippen molar-refractivity contribution in [3.05, 3.63) is 11.6 Å². The fourth-order valence-electron chi connectivity index (χ4n) is 2.37. The SMILES string of the molecule is CC(C)N(C)C(C)(C)c1nnc(C2CC2)n1C. The van der Waals surface area contributed by atoms with E-state index in [9.17, 15) is 0 Å². The van der Waals surface area contributed by atoms with E-state index in [0.29, 0.717) is 12.0 Å². The van der Waals surface area contributed by atoms with Crippen LogP contribution in [0.4, 0.5) is 0 Å². The Bertz CT molecular complexity index is 402. The van der Waals surface area contributed by atoms with Crippen molar-refractivity contribution in [2.24, 2.45) is 7.05 Å². The van der Waals surface area contributed by atoms with Crippen LogP contribution in [0.1, 0.15) is 58.1 Å². The molecule has 0 saturated heterocycles. The van der Waals surface area contributed by atoms with Crippen molar-refractivity contribution in [3.63, 3.8) is 0 Å². The molecule has 1 aliphatic rings. The lowest BCUT2D eigenvalue weighted by Gasteiger charge is -2.37. The number of hydrogen-bond donors (Lipinski definition) is 0. The maximum Gasteiger partial charge on any atom is 0.152 e. The molecule has 4 heteroatoms. The maximum atomic E-state index is 4.42. The molecule has 4 nitrogen and oxygen atoms in total. The van der Waals surface area contributed by atoms with Gasteiger partial charge < -0.3 is 4.57 Å². The van der Waals surface area contributed by atoms with Crippen molar-refractivity contribution in [1.29, 1.82) is 0 Å². The summed E-state index contributed by atoms with van der Waals surface area (Å²) < 4.78 is 2.19. The summed E-state index contributed by atoms with van der Waals surface area (Å²) in [6, 6.07) is 0.492. The van der Waals surface area contributed by atoms with Gasteiger partial charge in [-0.2, -0.15) is 0 Å². The standard InChI is InChI=1S/C13H24N4/c1-9(2)17(6)13(3,4)12-15-14-11(16(12)5)10-7-8-10/h9-10H,7-8H2,1-6H3. The molecule has 1 fully saturated rings. The Morgan fingerprint density at radius 2 is 1.88 bits per heavy atom. The van der Waals surface area contributed by atoms with E-state index < -0.39 is 0 Å². The van der Waals surface area contributed by atoms with Crippen LogP contribution in [0.25, 0.3) is 0 Å². The van der Waals surface area contributed by atoms with E-state index in [0.717, 1.165) is 11.6 Å². The Morgan fingerprint density at radius 3 is 2.35 bits per heavy atom. The largest absolute Gasteiger partial charge is 0.316 e. The van der Waals surface area contributed by atoms with Crippen molar-refractivity contribution in [2.45, 2.75) is 58.0 Å².